The summed E-state index contributed by atoms with van der Waals surface area (Å²) in [5.74, 6) is -0.983. The van der Waals surface area contributed by atoms with Gasteiger partial charge in [-0.2, -0.15) is 0 Å². The maximum absolute atomic E-state index is 13.1. The molecule has 0 aliphatic carbocycles. The van der Waals surface area contributed by atoms with E-state index in [1.807, 2.05) is 0 Å². The van der Waals surface area contributed by atoms with Crippen molar-refractivity contribution in [1.29, 1.82) is 0 Å². The summed E-state index contributed by atoms with van der Waals surface area (Å²) in [6.07, 6.45) is 0. The molecule has 3 nitrogen and oxygen atoms in total. The van der Waals surface area contributed by atoms with Gasteiger partial charge in [0.25, 0.3) is 0 Å². The summed E-state index contributed by atoms with van der Waals surface area (Å²) in [5.41, 5.74) is 6.67. The first kappa shape index (κ1) is 16.1. The first-order chi connectivity index (χ1) is 9.88. The molecular formula is C14H9BrCl2FNO2. The minimum absolute atomic E-state index is 0.00212. The molecule has 0 aromatic heterocycles. The molecule has 0 spiro atoms. The first-order valence-corrected chi connectivity index (χ1v) is 7.29. The van der Waals surface area contributed by atoms with Crippen LogP contribution in [0.15, 0.2) is 34.8 Å². The van der Waals surface area contributed by atoms with E-state index in [0.29, 0.717) is 10.0 Å². The summed E-state index contributed by atoms with van der Waals surface area (Å²) >= 11 is 14.7. The predicted molar refractivity (Wildman–Crippen MR) is 84.1 cm³/mol. The van der Waals surface area contributed by atoms with E-state index < -0.39 is 5.97 Å². The maximum Gasteiger partial charge on any atom is 0.338 e. The van der Waals surface area contributed by atoms with Crippen molar-refractivity contribution in [3.8, 4) is 0 Å². The van der Waals surface area contributed by atoms with Crippen molar-refractivity contribution in [3.63, 3.8) is 0 Å². The Balaban J connectivity index is 2.10. The molecule has 2 rings (SSSR count). The molecule has 0 atom stereocenters. The summed E-state index contributed by atoms with van der Waals surface area (Å²) in [6.45, 7) is -0.00212. The van der Waals surface area contributed by atoms with Crippen LogP contribution in [0.5, 0.6) is 0 Å². The number of halogens is 4. The minimum atomic E-state index is -0.597. The lowest BCUT2D eigenvalue weighted by molar-refractivity contribution is 0.0472. The van der Waals surface area contributed by atoms with Crippen LogP contribution in [0, 0.1) is 5.82 Å². The number of anilines is 1. The predicted octanol–water partition coefficient (Wildman–Crippen LogP) is 4.83. The molecule has 2 aromatic carbocycles. The molecule has 0 aliphatic rings. The quantitative estimate of drug-likeness (QED) is 0.600. The Morgan fingerprint density at radius 1 is 1.29 bits per heavy atom. The third-order valence-corrected chi connectivity index (χ3v) is 4.07. The molecule has 0 bridgehead atoms. The molecule has 0 saturated heterocycles. The summed E-state index contributed by atoms with van der Waals surface area (Å²) in [5, 5.41) is 0.365. The molecule has 0 heterocycles. The second kappa shape index (κ2) is 6.64. The van der Waals surface area contributed by atoms with Crippen LogP contribution < -0.4 is 5.73 Å². The number of nitrogens with two attached hydrogens (primary N) is 1. The van der Waals surface area contributed by atoms with E-state index in [1.54, 1.807) is 0 Å². The summed E-state index contributed by atoms with van der Waals surface area (Å²) in [6, 6.07) is 7.10. The third-order valence-electron chi connectivity index (χ3n) is 2.65. The molecule has 0 unspecified atom stereocenters. The smallest absolute Gasteiger partial charge is 0.338 e. The van der Waals surface area contributed by atoms with Crippen molar-refractivity contribution in [1.82, 2.24) is 0 Å². The number of carbonyl (C=O) groups is 1. The molecule has 2 aromatic rings. The zero-order chi connectivity index (χ0) is 15.6. The fourth-order valence-corrected chi connectivity index (χ4v) is 2.35. The topological polar surface area (TPSA) is 52.3 Å². The average Bonchev–Trinajstić information content (AvgIpc) is 2.45. The Morgan fingerprint density at radius 2 is 2.00 bits per heavy atom. The lowest BCUT2D eigenvalue weighted by Crippen LogP contribution is -2.06. The van der Waals surface area contributed by atoms with Gasteiger partial charge in [0.1, 0.15) is 12.4 Å². The number of carbonyl (C=O) groups excluding carboxylic acids is 1. The van der Waals surface area contributed by atoms with Crippen LogP contribution in [-0.4, -0.2) is 5.97 Å². The van der Waals surface area contributed by atoms with E-state index in [0.717, 1.165) is 0 Å². The highest BCUT2D eigenvalue weighted by Crippen LogP contribution is 2.29. The summed E-state index contributed by atoms with van der Waals surface area (Å²) < 4.78 is 18.5. The Kier molecular flexibility index (Phi) is 5.08. The van der Waals surface area contributed by atoms with Crippen LogP contribution in [0.25, 0.3) is 0 Å². The summed E-state index contributed by atoms with van der Waals surface area (Å²) in [7, 11) is 0. The highest BCUT2D eigenvalue weighted by atomic mass is 79.9. The lowest BCUT2D eigenvalue weighted by atomic mass is 10.2. The van der Waals surface area contributed by atoms with Crippen molar-refractivity contribution >= 4 is 50.8 Å². The van der Waals surface area contributed by atoms with Crippen LogP contribution in [0.1, 0.15) is 15.9 Å². The van der Waals surface area contributed by atoms with E-state index >= 15 is 0 Å². The van der Waals surface area contributed by atoms with E-state index in [4.69, 9.17) is 33.7 Å². The van der Waals surface area contributed by atoms with Gasteiger partial charge in [-0.3, -0.25) is 0 Å². The van der Waals surface area contributed by atoms with Gasteiger partial charge in [-0.15, -0.1) is 0 Å². The van der Waals surface area contributed by atoms with Crippen molar-refractivity contribution in [2.45, 2.75) is 6.61 Å². The number of nitrogen functional groups attached to an aromatic ring is 1. The van der Waals surface area contributed by atoms with Crippen LogP contribution in [0.3, 0.4) is 0 Å². The number of hydrogen-bond donors (Lipinski definition) is 1. The standard InChI is InChI=1S/C14H9BrCl2FNO2/c15-9-3-7(1-2-11(9)18)6-21-14(20)8-4-10(16)13(17)12(19)5-8/h1-5H,6,19H2. The highest BCUT2D eigenvalue weighted by molar-refractivity contribution is 9.10. The van der Waals surface area contributed by atoms with E-state index in [-0.39, 0.29) is 33.7 Å². The Morgan fingerprint density at radius 3 is 2.62 bits per heavy atom. The molecular weight excluding hydrogens is 384 g/mol. The average molecular weight is 393 g/mol. The number of benzene rings is 2. The second-order valence-corrected chi connectivity index (χ2v) is 5.83. The van der Waals surface area contributed by atoms with E-state index in [2.05, 4.69) is 15.9 Å². The Bertz CT molecular complexity index is 686. The van der Waals surface area contributed by atoms with Gasteiger partial charge in [-0.1, -0.05) is 29.3 Å². The molecule has 21 heavy (non-hydrogen) atoms. The fraction of sp³-hybridized carbons (Fsp3) is 0.0714. The van der Waals surface area contributed by atoms with Crippen molar-refractivity contribution in [2.75, 3.05) is 5.73 Å². The molecule has 0 radical (unpaired) electrons. The molecule has 0 amide bonds. The Hall–Kier alpha value is -1.30. The van der Waals surface area contributed by atoms with E-state index in [9.17, 15) is 9.18 Å². The van der Waals surface area contributed by atoms with Gasteiger partial charge in [0, 0.05) is 0 Å². The van der Waals surface area contributed by atoms with Gasteiger partial charge in [0.15, 0.2) is 0 Å². The van der Waals surface area contributed by atoms with Gasteiger partial charge in [-0.25, -0.2) is 9.18 Å². The Labute approximate surface area is 138 Å². The second-order valence-electron chi connectivity index (χ2n) is 4.19. The first-order valence-electron chi connectivity index (χ1n) is 5.74. The molecule has 0 aliphatic heterocycles. The monoisotopic (exact) mass is 391 g/mol. The number of ether oxygens (including phenoxy) is 1. The highest BCUT2D eigenvalue weighted by Gasteiger charge is 2.13. The van der Waals surface area contributed by atoms with Gasteiger partial charge in [-0.05, 0) is 45.8 Å². The van der Waals surface area contributed by atoms with Crippen LogP contribution in [0.4, 0.5) is 10.1 Å². The van der Waals surface area contributed by atoms with Crippen LogP contribution in [-0.2, 0) is 11.3 Å². The van der Waals surface area contributed by atoms with Crippen molar-refractivity contribution in [2.24, 2.45) is 0 Å². The van der Waals surface area contributed by atoms with Gasteiger partial charge < -0.3 is 10.5 Å². The van der Waals surface area contributed by atoms with Crippen molar-refractivity contribution in [3.05, 3.63) is 61.8 Å². The van der Waals surface area contributed by atoms with E-state index in [1.165, 1.54) is 30.3 Å². The fourth-order valence-electron chi connectivity index (χ4n) is 1.59. The molecule has 7 heteroatoms. The lowest BCUT2D eigenvalue weighted by Gasteiger charge is -2.08. The van der Waals surface area contributed by atoms with Gasteiger partial charge in [0.05, 0.1) is 25.8 Å². The van der Waals surface area contributed by atoms with Gasteiger partial charge >= 0.3 is 5.97 Å². The number of hydrogen-bond acceptors (Lipinski definition) is 3. The van der Waals surface area contributed by atoms with Gasteiger partial charge in [0.2, 0.25) is 0 Å². The molecule has 2 N–H and O–H groups in total. The van der Waals surface area contributed by atoms with Crippen LogP contribution in [0.2, 0.25) is 10.0 Å². The zero-order valence-corrected chi connectivity index (χ0v) is 13.6. The van der Waals surface area contributed by atoms with Crippen LogP contribution >= 0.6 is 39.1 Å². The van der Waals surface area contributed by atoms with Crippen molar-refractivity contribution < 1.29 is 13.9 Å². The third kappa shape index (κ3) is 3.87. The normalized spacial score (nSPS) is 10.5. The maximum atomic E-state index is 13.1. The number of esters is 1. The molecule has 0 fully saturated rings. The minimum Gasteiger partial charge on any atom is -0.457 e. The number of rotatable bonds is 3. The summed E-state index contributed by atoms with van der Waals surface area (Å²) in [4.78, 5) is 11.9. The largest absolute Gasteiger partial charge is 0.457 e. The SMILES string of the molecule is Nc1cc(C(=O)OCc2ccc(F)c(Br)c2)cc(Cl)c1Cl. The molecule has 110 valence electrons. The zero-order valence-electron chi connectivity index (χ0n) is 10.5. The molecule has 0 saturated carbocycles.